The lowest BCUT2D eigenvalue weighted by molar-refractivity contribution is 0.0950. The van der Waals surface area contributed by atoms with E-state index in [0.29, 0.717) is 17.8 Å². The van der Waals surface area contributed by atoms with Gasteiger partial charge in [-0.3, -0.25) is 9.20 Å². The Balaban J connectivity index is 1.78. The highest BCUT2D eigenvalue weighted by Gasteiger charge is 2.11. The quantitative estimate of drug-likeness (QED) is 0.789. The fraction of sp³-hybridized carbons (Fsp3) is 0.267. The number of carbonyl (C=O) groups is 1. The van der Waals surface area contributed by atoms with Gasteiger partial charge in [0.25, 0.3) is 5.91 Å². The molecule has 0 aliphatic heterocycles. The van der Waals surface area contributed by atoms with E-state index in [9.17, 15) is 4.79 Å². The van der Waals surface area contributed by atoms with Gasteiger partial charge in [-0.15, -0.1) is 10.2 Å². The average molecular weight is 296 g/mol. The Hall–Kier alpha value is -2.83. The molecule has 1 amide bonds. The zero-order valence-electron chi connectivity index (χ0n) is 12.7. The lowest BCUT2D eigenvalue weighted by Gasteiger charge is -2.09. The molecule has 0 aromatic carbocycles. The normalized spacial score (nSPS) is 10.9. The van der Waals surface area contributed by atoms with Gasteiger partial charge in [0.1, 0.15) is 12.2 Å². The molecular weight excluding hydrogens is 280 g/mol. The van der Waals surface area contributed by atoms with Crippen molar-refractivity contribution in [2.45, 2.75) is 27.3 Å². The summed E-state index contributed by atoms with van der Waals surface area (Å²) in [6, 6.07) is 3.47. The monoisotopic (exact) mass is 296 g/mol. The third kappa shape index (κ3) is 2.52. The number of rotatable bonds is 3. The van der Waals surface area contributed by atoms with E-state index in [1.807, 2.05) is 25.2 Å². The van der Waals surface area contributed by atoms with E-state index in [4.69, 9.17) is 0 Å². The maximum Gasteiger partial charge on any atom is 0.251 e. The minimum Gasteiger partial charge on any atom is -0.348 e. The predicted molar refractivity (Wildman–Crippen MR) is 80.4 cm³/mol. The summed E-state index contributed by atoms with van der Waals surface area (Å²) in [5.41, 5.74) is 3.88. The highest BCUT2D eigenvalue weighted by Crippen LogP contribution is 2.10. The van der Waals surface area contributed by atoms with E-state index in [0.717, 1.165) is 22.8 Å². The summed E-state index contributed by atoms with van der Waals surface area (Å²) in [7, 11) is 0. The molecule has 3 aromatic heterocycles. The number of aryl methyl sites for hydroxylation is 3. The van der Waals surface area contributed by atoms with Crippen LogP contribution in [0.1, 0.15) is 33.1 Å². The van der Waals surface area contributed by atoms with Crippen LogP contribution in [0.4, 0.5) is 0 Å². The summed E-state index contributed by atoms with van der Waals surface area (Å²) in [5.74, 6) is 0.625. The Kier molecular flexibility index (Phi) is 3.54. The minimum atomic E-state index is -0.161. The van der Waals surface area contributed by atoms with Crippen molar-refractivity contribution in [1.82, 2.24) is 29.9 Å². The number of fused-ring (bicyclic) bond motifs is 1. The maximum atomic E-state index is 12.3. The van der Waals surface area contributed by atoms with Crippen molar-refractivity contribution >= 4 is 11.6 Å². The van der Waals surface area contributed by atoms with E-state index in [1.165, 1.54) is 6.33 Å². The van der Waals surface area contributed by atoms with Crippen LogP contribution in [-0.2, 0) is 6.54 Å². The molecule has 112 valence electrons. The van der Waals surface area contributed by atoms with Gasteiger partial charge in [0, 0.05) is 35.3 Å². The molecule has 0 atom stereocenters. The molecule has 0 fully saturated rings. The molecule has 0 aliphatic carbocycles. The molecular formula is C15H16N6O. The summed E-state index contributed by atoms with van der Waals surface area (Å²) in [6.45, 7) is 6.07. The SMILES string of the molecule is Cc1ncnc(C)c1CNC(=O)c1ccn2c(C)nnc2c1. The van der Waals surface area contributed by atoms with Crippen molar-refractivity contribution in [3.8, 4) is 0 Å². The lowest BCUT2D eigenvalue weighted by atomic mass is 10.1. The molecule has 1 N–H and O–H groups in total. The molecule has 0 bridgehead atoms. The Bertz CT molecular complexity index is 834. The van der Waals surface area contributed by atoms with Crippen molar-refractivity contribution in [3.05, 3.63) is 53.0 Å². The number of nitrogens with one attached hydrogen (secondary N) is 1. The predicted octanol–water partition coefficient (Wildman–Crippen LogP) is 1.37. The molecule has 3 heterocycles. The smallest absolute Gasteiger partial charge is 0.251 e. The van der Waals surface area contributed by atoms with Gasteiger partial charge >= 0.3 is 0 Å². The van der Waals surface area contributed by atoms with Gasteiger partial charge in [-0.25, -0.2) is 9.97 Å². The molecule has 22 heavy (non-hydrogen) atoms. The third-order valence-corrected chi connectivity index (χ3v) is 3.64. The molecule has 7 heteroatoms. The summed E-state index contributed by atoms with van der Waals surface area (Å²) in [5, 5.41) is 10.9. The van der Waals surface area contributed by atoms with Crippen LogP contribution >= 0.6 is 0 Å². The van der Waals surface area contributed by atoms with E-state index in [2.05, 4.69) is 25.5 Å². The number of amides is 1. The zero-order valence-corrected chi connectivity index (χ0v) is 12.7. The molecule has 0 saturated heterocycles. The first-order valence-corrected chi connectivity index (χ1v) is 6.93. The second kappa shape index (κ2) is 5.51. The Morgan fingerprint density at radius 1 is 1.18 bits per heavy atom. The number of pyridine rings is 1. The van der Waals surface area contributed by atoms with Crippen LogP contribution in [-0.4, -0.2) is 30.5 Å². The van der Waals surface area contributed by atoms with Crippen LogP contribution in [0.5, 0.6) is 0 Å². The third-order valence-electron chi connectivity index (χ3n) is 3.64. The van der Waals surface area contributed by atoms with E-state index < -0.39 is 0 Å². The first-order chi connectivity index (χ1) is 10.6. The first kappa shape index (κ1) is 14.1. The molecule has 0 saturated carbocycles. The van der Waals surface area contributed by atoms with E-state index in [1.54, 1.807) is 18.3 Å². The van der Waals surface area contributed by atoms with Crippen molar-refractivity contribution in [1.29, 1.82) is 0 Å². The van der Waals surface area contributed by atoms with Crippen molar-refractivity contribution < 1.29 is 4.79 Å². The summed E-state index contributed by atoms with van der Waals surface area (Å²) in [4.78, 5) is 20.6. The van der Waals surface area contributed by atoms with Crippen LogP contribution < -0.4 is 5.32 Å². The molecule has 0 unspecified atom stereocenters. The lowest BCUT2D eigenvalue weighted by Crippen LogP contribution is -2.24. The van der Waals surface area contributed by atoms with Gasteiger partial charge in [0.05, 0.1) is 0 Å². The highest BCUT2D eigenvalue weighted by molar-refractivity contribution is 5.94. The van der Waals surface area contributed by atoms with Gasteiger partial charge in [-0.1, -0.05) is 0 Å². The second-order valence-corrected chi connectivity index (χ2v) is 5.10. The fourth-order valence-electron chi connectivity index (χ4n) is 2.30. The molecule has 3 rings (SSSR count). The van der Waals surface area contributed by atoms with Crippen LogP contribution in [0.3, 0.4) is 0 Å². The van der Waals surface area contributed by atoms with E-state index >= 15 is 0 Å². The van der Waals surface area contributed by atoms with Crippen LogP contribution in [0.15, 0.2) is 24.7 Å². The highest BCUT2D eigenvalue weighted by atomic mass is 16.1. The molecule has 0 spiro atoms. The Morgan fingerprint density at radius 3 is 2.64 bits per heavy atom. The summed E-state index contributed by atoms with van der Waals surface area (Å²) < 4.78 is 1.83. The molecule has 0 aliphatic rings. The second-order valence-electron chi connectivity index (χ2n) is 5.10. The first-order valence-electron chi connectivity index (χ1n) is 6.93. The number of carbonyl (C=O) groups excluding carboxylic acids is 1. The average Bonchev–Trinajstić information content (AvgIpc) is 2.87. The summed E-state index contributed by atoms with van der Waals surface area (Å²) >= 11 is 0. The number of nitrogens with zero attached hydrogens (tertiary/aromatic N) is 5. The molecule has 3 aromatic rings. The molecule has 0 radical (unpaired) electrons. The minimum absolute atomic E-state index is 0.161. The van der Waals surface area contributed by atoms with Gasteiger partial charge in [0.2, 0.25) is 0 Å². The summed E-state index contributed by atoms with van der Waals surface area (Å²) in [6.07, 6.45) is 3.32. The molecule has 7 nitrogen and oxygen atoms in total. The van der Waals surface area contributed by atoms with Gasteiger partial charge in [-0.05, 0) is 32.9 Å². The van der Waals surface area contributed by atoms with Gasteiger partial charge in [-0.2, -0.15) is 0 Å². The van der Waals surface area contributed by atoms with Crippen molar-refractivity contribution in [2.24, 2.45) is 0 Å². The standard InChI is InChI=1S/C15H16N6O/c1-9-13(10(2)18-8-17-9)7-16-15(22)12-4-5-21-11(3)19-20-14(21)6-12/h4-6,8H,7H2,1-3H3,(H,16,22). The van der Waals surface area contributed by atoms with Gasteiger partial charge in [0.15, 0.2) is 5.65 Å². The fourth-order valence-corrected chi connectivity index (χ4v) is 2.30. The Labute approximate surface area is 127 Å². The van der Waals surface area contributed by atoms with Crippen LogP contribution in [0.2, 0.25) is 0 Å². The zero-order chi connectivity index (χ0) is 15.7. The van der Waals surface area contributed by atoms with Crippen molar-refractivity contribution in [2.75, 3.05) is 0 Å². The Morgan fingerprint density at radius 2 is 1.91 bits per heavy atom. The number of aromatic nitrogens is 5. The largest absolute Gasteiger partial charge is 0.348 e. The van der Waals surface area contributed by atoms with Crippen LogP contribution in [0, 0.1) is 20.8 Å². The van der Waals surface area contributed by atoms with Crippen LogP contribution in [0.25, 0.3) is 5.65 Å². The maximum absolute atomic E-state index is 12.3. The topological polar surface area (TPSA) is 85.1 Å². The van der Waals surface area contributed by atoms with E-state index in [-0.39, 0.29) is 5.91 Å². The van der Waals surface area contributed by atoms with Gasteiger partial charge < -0.3 is 5.32 Å². The number of hydrogen-bond donors (Lipinski definition) is 1. The van der Waals surface area contributed by atoms with Crippen molar-refractivity contribution in [3.63, 3.8) is 0 Å². The number of hydrogen-bond acceptors (Lipinski definition) is 5.